The summed E-state index contributed by atoms with van der Waals surface area (Å²) in [6.07, 6.45) is 14.2. The van der Waals surface area contributed by atoms with Gasteiger partial charge in [-0.15, -0.1) is 5.73 Å². The third-order valence-corrected chi connectivity index (χ3v) is 9.30. The number of rotatable bonds is 8. The highest BCUT2D eigenvalue weighted by Crippen LogP contribution is 2.50. The normalized spacial score (nSPS) is 15.8. The van der Waals surface area contributed by atoms with Crippen LogP contribution in [0.2, 0.25) is 0 Å². The fraction of sp³-hybridized carbons (Fsp3) is 0.312. The van der Waals surface area contributed by atoms with E-state index in [2.05, 4.69) is 113 Å². The van der Waals surface area contributed by atoms with Crippen LogP contribution in [0.3, 0.4) is 0 Å². The summed E-state index contributed by atoms with van der Waals surface area (Å²) in [5, 5.41) is 4.01. The second kappa shape index (κ2) is 11.1. The number of hydrogen-bond acceptors (Lipinski definition) is 3. The maximum atomic E-state index is 5.71. The molecule has 0 spiro atoms. The summed E-state index contributed by atoms with van der Waals surface area (Å²) in [4.78, 5) is 2.33. The van der Waals surface area contributed by atoms with Crippen molar-refractivity contribution in [1.29, 1.82) is 0 Å². The van der Waals surface area contributed by atoms with E-state index in [0.29, 0.717) is 0 Å². The first-order chi connectivity index (χ1) is 17.3. The molecule has 0 aromatic heterocycles. The van der Waals surface area contributed by atoms with Gasteiger partial charge < -0.3 is 9.47 Å². The fourth-order valence-corrected chi connectivity index (χ4v) is 8.30. The summed E-state index contributed by atoms with van der Waals surface area (Å²) in [6, 6.07) is 9.43. The van der Waals surface area contributed by atoms with Crippen molar-refractivity contribution in [2.24, 2.45) is 0 Å². The first-order valence-corrected chi connectivity index (χ1v) is 13.7. The predicted molar refractivity (Wildman–Crippen MR) is 154 cm³/mol. The van der Waals surface area contributed by atoms with E-state index in [1.54, 1.807) is 14.2 Å². The molecule has 2 aromatic rings. The summed E-state index contributed by atoms with van der Waals surface area (Å²) >= 11 is 0. The lowest BCUT2D eigenvalue weighted by Gasteiger charge is -2.32. The molecule has 0 heterocycles. The van der Waals surface area contributed by atoms with E-state index in [-0.39, 0.29) is 6.04 Å². The summed E-state index contributed by atoms with van der Waals surface area (Å²) in [5.41, 5.74) is 10.9. The Hall–Kier alpha value is -2.83. The average Bonchev–Trinajstić information content (AvgIpc) is 3.28. The van der Waals surface area contributed by atoms with E-state index in [1.807, 2.05) is 0 Å². The second-order valence-electron chi connectivity index (χ2n) is 9.79. The van der Waals surface area contributed by atoms with Crippen molar-refractivity contribution >= 4 is 18.5 Å². The quantitative estimate of drug-likeness (QED) is 0.312. The molecule has 1 radical (unpaired) electrons. The standard InChI is InChI=1S/C32H37NO2P/c1-21-17-26(18-22(2)31(21)34-7)36(27-19-23(3)32(35-8)24(4)20-27)29-16-12-15-28(29)30(33(5)6)25-13-10-9-11-14-25/h9-11,13,15-20,30H,14H2,1-8H3/t30-/m0/s1. The number of aryl methyl sites for hydroxylation is 4. The van der Waals surface area contributed by atoms with Crippen molar-refractivity contribution in [2.45, 2.75) is 40.2 Å². The molecule has 0 N–H and O–H groups in total. The summed E-state index contributed by atoms with van der Waals surface area (Å²) in [6.45, 7) is 8.57. The zero-order valence-corrected chi connectivity index (χ0v) is 23.7. The Morgan fingerprint density at radius 3 is 1.78 bits per heavy atom. The lowest BCUT2D eigenvalue weighted by molar-refractivity contribution is 0.366. The van der Waals surface area contributed by atoms with Crippen LogP contribution in [0.4, 0.5) is 0 Å². The fourth-order valence-electron chi connectivity index (χ4n) is 5.51. The molecule has 4 rings (SSSR count). The van der Waals surface area contributed by atoms with Crippen molar-refractivity contribution in [1.82, 2.24) is 4.90 Å². The number of likely N-dealkylation sites (N-methyl/N-ethyl adjacent to an activating group) is 1. The highest BCUT2D eigenvalue weighted by Gasteiger charge is 2.30. The maximum Gasteiger partial charge on any atom is 0.124 e. The third kappa shape index (κ3) is 5.02. The molecule has 2 aliphatic rings. The van der Waals surface area contributed by atoms with E-state index < -0.39 is 7.92 Å². The Labute approximate surface area is 218 Å². The highest BCUT2D eigenvalue weighted by molar-refractivity contribution is 7.77. The lowest BCUT2D eigenvalue weighted by Crippen LogP contribution is -2.32. The van der Waals surface area contributed by atoms with Crippen LogP contribution in [0.15, 0.2) is 76.8 Å². The van der Waals surface area contributed by atoms with Crippen LogP contribution >= 0.6 is 7.92 Å². The van der Waals surface area contributed by atoms with Gasteiger partial charge in [0.15, 0.2) is 0 Å². The van der Waals surface area contributed by atoms with E-state index in [9.17, 15) is 0 Å². The monoisotopic (exact) mass is 498 g/mol. The van der Waals surface area contributed by atoms with Gasteiger partial charge in [-0.1, -0.05) is 18.2 Å². The van der Waals surface area contributed by atoms with Gasteiger partial charge in [0, 0.05) is 6.42 Å². The zero-order chi connectivity index (χ0) is 26.0. The Morgan fingerprint density at radius 2 is 1.36 bits per heavy atom. The van der Waals surface area contributed by atoms with Crippen LogP contribution in [0.1, 0.15) is 28.7 Å². The number of methoxy groups -OCH3 is 2. The molecule has 0 saturated heterocycles. The Morgan fingerprint density at radius 1 is 0.833 bits per heavy atom. The molecular formula is C32H37NO2P. The Balaban J connectivity index is 1.96. The van der Waals surface area contributed by atoms with Gasteiger partial charge in [0.05, 0.1) is 20.3 Å². The minimum Gasteiger partial charge on any atom is -0.496 e. The molecular weight excluding hydrogens is 461 g/mol. The van der Waals surface area contributed by atoms with E-state index in [0.717, 1.165) is 40.2 Å². The lowest BCUT2D eigenvalue weighted by atomic mass is 9.92. The zero-order valence-electron chi connectivity index (χ0n) is 22.8. The van der Waals surface area contributed by atoms with Crippen molar-refractivity contribution in [3.8, 4) is 11.5 Å². The summed E-state index contributed by atoms with van der Waals surface area (Å²) in [5.74, 6) is 1.93. The van der Waals surface area contributed by atoms with Crippen LogP contribution < -0.4 is 20.1 Å². The molecule has 0 amide bonds. The van der Waals surface area contributed by atoms with Crippen LogP contribution in [0, 0.1) is 34.1 Å². The Bertz CT molecular complexity index is 1220. The first-order valence-electron chi connectivity index (χ1n) is 12.4. The topological polar surface area (TPSA) is 21.7 Å². The highest BCUT2D eigenvalue weighted by atomic mass is 31.1. The van der Waals surface area contributed by atoms with E-state index in [1.165, 1.54) is 27.1 Å². The van der Waals surface area contributed by atoms with Crippen molar-refractivity contribution in [3.05, 3.63) is 106 Å². The molecule has 0 bridgehead atoms. The van der Waals surface area contributed by atoms with Gasteiger partial charge in [-0.2, -0.15) is 0 Å². The molecule has 1 atom stereocenters. The number of benzene rings is 2. The van der Waals surface area contributed by atoms with Gasteiger partial charge in [-0.05, 0) is 142 Å². The molecule has 0 unspecified atom stereocenters. The SMILES string of the molecule is COc1c(C)cc(P(C2=C([C@H](C3=C[CH]C=CC3)N(C)C)C=C=C2)c2cc(C)c(OC)c(C)c2)cc1C. The smallest absolute Gasteiger partial charge is 0.124 e. The number of nitrogens with zero attached hydrogens (tertiary/aromatic N) is 1. The number of ether oxygens (including phenoxy) is 2. The van der Waals surface area contributed by atoms with Gasteiger partial charge in [0.2, 0.25) is 0 Å². The minimum absolute atomic E-state index is 0.193. The van der Waals surface area contributed by atoms with Crippen LogP contribution in [0.25, 0.3) is 0 Å². The van der Waals surface area contributed by atoms with Gasteiger partial charge in [0.25, 0.3) is 0 Å². The van der Waals surface area contributed by atoms with Gasteiger partial charge in [-0.3, -0.25) is 4.90 Å². The van der Waals surface area contributed by atoms with Crippen LogP contribution in [-0.2, 0) is 0 Å². The molecule has 3 nitrogen and oxygen atoms in total. The molecule has 4 heteroatoms. The second-order valence-corrected chi connectivity index (χ2v) is 12.0. The molecule has 187 valence electrons. The number of hydrogen-bond donors (Lipinski definition) is 0. The van der Waals surface area contributed by atoms with Gasteiger partial charge in [-0.25, -0.2) is 0 Å². The summed E-state index contributed by atoms with van der Waals surface area (Å²) in [7, 11) is 7.02. The van der Waals surface area contributed by atoms with E-state index in [4.69, 9.17) is 9.47 Å². The molecule has 2 aliphatic carbocycles. The molecule has 0 aliphatic heterocycles. The summed E-state index contributed by atoms with van der Waals surface area (Å²) < 4.78 is 11.4. The average molecular weight is 499 g/mol. The first kappa shape index (κ1) is 26.2. The van der Waals surface area contributed by atoms with Crippen LogP contribution in [0.5, 0.6) is 11.5 Å². The van der Waals surface area contributed by atoms with E-state index >= 15 is 0 Å². The van der Waals surface area contributed by atoms with Crippen molar-refractivity contribution in [2.75, 3.05) is 28.3 Å². The molecule has 0 fully saturated rings. The molecule has 0 saturated carbocycles. The van der Waals surface area contributed by atoms with Gasteiger partial charge in [0.1, 0.15) is 11.5 Å². The largest absolute Gasteiger partial charge is 0.496 e. The van der Waals surface area contributed by atoms with Gasteiger partial charge >= 0.3 is 0 Å². The molecule has 2 aromatic carbocycles. The number of allylic oxidation sites excluding steroid dienone is 4. The Kier molecular flexibility index (Phi) is 8.06. The van der Waals surface area contributed by atoms with Crippen molar-refractivity contribution in [3.63, 3.8) is 0 Å². The maximum absolute atomic E-state index is 5.71. The molecule has 36 heavy (non-hydrogen) atoms. The minimum atomic E-state index is -0.832. The van der Waals surface area contributed by atoms with Crippen LogP contribution in [-0.4, -0.2) is 39.3 Å². The third-order valence-electron chi connectivity index (χ3n) is 6.88. The van der Waals surface area contributed by atoms with Crippen molar-refractivity contribution < 1.29 is 9.47 Å². The predicted octanol–water partition coefficient (Wildman–Crippen LogP) is 6.37.